The van der Waals surface area contributed by atoms with Crippen LogP contribution in [0, 0.1) is 13.8 Å². The molecular formula is C33H30N2O8S. The van der Waals surface area contributed by atoms with E-state index in [-0.39, 0.29) is 21.3 Å². The van der Waals surface area contributed by atoms with Crippen LogP contribution in [0.3, 0.4) is 0 Å². The van der Waals surface area contributed by atoms with Crippen molar-refractivity contribution in [2.75, 3.05) is 26.2 Å². The molecule has 1 fully saturated rings. The van der Waals surface area contributed by atoms with Crippen LogP contribution in [0.4, 0.5) is 5.13 Å². The van der Waals surface area contributed by atoms with Gasteiger partial charge in [0.05, 0.1) is 38.6 Å². The molecule has 5 rings (SSSR count). The molecule has 0 radical (unpaired) electrons. The zero-order valence-corrected chi connectivity index (χ0v) is 25.6. The summed E-state index contributed by atoms with van der Waals surface area (Å²) in [6.45, 7) is 3.74. The number of aromatic nitrogens is 1. The third-order valence-corrected chi connectivity index (χ3v) is 8.37. The van der Waals surface area contributed by atoms with E-state index in [2.05, 4.69) is 4.98 Å². The van der Waals surface area contributed by atoms with Gasteiger partial charge >= 0.3 is 11.9 Å². The van der Waals surface area contributed by atoms with E-state index in [0.717, 1.165) is 16.9 Å². The number of methoxy groups -OCH3 is 3. The molecule has 1 amide bonds. The molecule has 1 aliphatic heterocycles. The van der Waals surface area contributed by atoms with Crippen molar-refractivity contribution in [1.29, 1.82) is 0 Å². The number of ketones is 1. The highest BCUT2D eigenvalue weighted by atomic mass is 32.1. The topological polar surface area (TPSA) is 124 Å². The summed E-state index contributed by atoms with van der Waals surface area (Å²) in [5, 5.41) is 11.8. The number of hydrogen-bond acceptors (Lipinski definition) is 10. The fourth-order valence-electron chi connectivity index (χ4n) is 5.01. The van der Waals surface area contributed by atoms with Crippen molar-refractivity contribution in [2.45, 2.75) is 26.5 Å². The first-order valence-corrected chi connectivity index (χ1v) is 14.4. The van der Waals surface area contributed by atoms with E-state index in [9.17, 15) is 19.5 Å². The molecule has 0 aliphatic carbocycles. The average molecular weight is 615 g/mol. The second-order valence-electron chi connectivity index (χ2n) is 9.94. The van der Waals surface area contributed by atoms with Crippen LogP contribution < -0.4 is 19.1 Å². The second kappa shape index (κ2) is 12.6. The molecule has 11 heteroatoms. The van der Waals surface area contributed by atoms with Crippen LogP contribution in [0.25, 0.3) is 5.76 Å². The van der Waals surface area contributed by atoms with Gasteiger partial charge in [0.25, 0.3) is 5.78 Å². The Bertz CT molecular complexity index is 1780. The van der Waals surface area contributed by atoms with Crippen LogP contribution >= 0.6 is 11.3 Å². The number of rotatable bonds is 9. The minimum atomic E-state index is -1.10. The van der Waals surface area contributed by atoms with Gasteiger partial charge in [0.15, 0.2) is 16.6 Å². The standard InChI is InChI=1S/C33H30N2O8S/c1-18-15-22(43-17-20-9-7-6-8-10-20)12-13-23(18)28(36)26-27(21-11-14-24(40-3)25(16-21)41-4)35(31(38)29(26)37)33-34-19(2)30(44-33)32(39)42-5/h6-16,27,36H,17H2,1-5H3/b28-26-. The van der Waals surface area contributed by atoms with Gasteiger partial charge in [0.1, 0.15) is 23.0 Å². The maximum absolute atomic E-state index is 13.7. The summed E-state index contributed by atoms with van der Waals surface area (Å²) in [5.41, 5.74) is 2.63. The summed E-state index contributed by atoms with van der Waals surface area (Å²) in [6.07, 6.45) is 0. The highest BCUT2D eigenvalue weighted by molar-refractivity contribution is 7.17. The molecule has 10 nitrogen and oxygen atoms in total. The molecule has 1 unspecified atom stereocenters. The Morgan fingerprint density at radius 1 is 0.955 bits per heavy atom. The van der Waals surface area contributed by atoms with Crippen molar-refractivity contribution in [1.82, 2.24) is 4.98 Å². The number of benzene rings is 3. The van der Waals surface area contributed by atoms with Crippen molar-refractivity contribution in [3.05, 3.63) is 105 Å². The third-order valence-electron chi connectivity index (χ3n) is 7.23. The van der Waals surface area contributed by atoms with E-state index in [1.54, 1.807) is 50.2 Å². The van der Waals surface area contributed by atoms with Crippen molar-refractivity contribution in [3.8, 4) is 17.2 Å². The van der Waals surface area contributed by atoms with Gasteiger partial charge in [0, 0.05) is 5.56 Å². The van der Waals surface area contributed by atoms with Gasteiger partial charge in [-0.25, -0.2) is 9.78 Å². The predicted molar refractivity (Wildman–Crippen MR) is 164 cm³/mol. The smallest absolute Gasteiger partial charge is 0.350 e. The van der Waals surface area contributed by atoms with E-state index in [0.29, 0.717) is 46.2 Å². The number of carbonyl (C=O) groups excluding carboxylic acids is 3. The summed E-state index contributed by atoms with van der Waals surface area (Å²) in [4.78, 5) is 45.5. The number of esters is 1. The van der Waals surface area contributed by atoms with Crippen molar-refractivity contribution in [3.63, 3.8) is 0 Å². The maximum atomic E-state index is 13.7. The first-order chi connectivity index (χ1) is 21.2. The largest absolute Gasteiger partial charge is 0.507 e. The average Bonchev–Trinajstić information content (AvgIpc) is 3.55. The summed E-state index contributed by atoms with van der Waals surface area (Å²) < 4.78 is 21.7. The predicted octanol–water partition coefficient (Wildman–Crippen LogP) is 5.77. The van der Waals surface area contributed by atoms with Gasteiger partial charge < -0.3 is 24.1 Å². The van der Waals surface area contributed by atoms with E-state index >= 15 is 0 Å². The molecular weight excluding hydrogens is 584 g/mol. The number of hydrogen-bond donors (Lipinski definition) is 1. The van der Waals surface area contributed by atoms with Crippen molar-refractivity contribution >= 4 is 39.9 Å². The number of carbonyl (C=O) groups is 3. The summed E-state index contributed by atoms with van der Waals surface area (Å²) in [7, 11) is 4.21. The number of amides is 1. The maximum Gasteiger partial charge on any atom is 0.350 e. The van der Waals surface area contributed by atoms with Crippen LogP contribution in [-0.2, 0) is 20.9 Å². The highest BCUT2D eigenvalue weighted by Gasteiger charge is 2.48. The molecule has 1 N–H and O–H groups in total. The SMILES string of the molecule is COC(=O)c1sc(N2C(=O)C(=O)/C(=C(\O)c3ccc(OCc4ccccc4)cc3C)C2c2ccc(OC)c(OC)c2)nc1C. The lowest BCUT2D eigenvalue weighted by atomic mass is 9.93. The van der Waals surface area contributed by atoms with Gasteiger partial charge in [-0.15, -0.1) is 0 Å². The van der Waals surface area contributed by atoms with E-state index in [1.165, 1.54) is 26.2 Å². The van der Waals surface area contributed by atoms with Gasteiger partial charge in [-0.1, -0.05) is 47.7 Å². The summed E-state index contributed by atoms with van der Waals surface area (Å²) >= 11 is 0.920. The fraction of sp³-hybridized carbons (Fsp3) is 0.212. The normalized spacial score (nSPS) is 15.8. The minimum absolute atomic E-state index is 0.102. The Hall–Kier alpha value is -5.16. The molecule has 1 atom stereocenters. The second-order valence-corrected chi connectivity index (χ2v) is 10.9. The molecule has 0 saturated carbocycles. The molecule has 4 aromatic rings. The molecule has 0 bridgehead atoms. The Labute approximate surface area is 258 Å². The Kier molecular flexibility index (Phi) is 8.68. The lowest BCUT2D eigenvalue weighted by molar-refractivity contribution is -0.132. The van der Waals surface area contributed by atoms with Crippen LogP contribution in [0.15, 0.2) is 72.3 Å². The van der Waals surface area contributed by atoms with Crippen molar-refractivity contribution < 1.29 is 38.4 Å². The molecule has 0 spiro atoms. The summed E-state index contributed by atoms with van der Waals surface area (Å²) in [6, 6.07) is 18.6. The highest BCUT2D eigenvalue weighted by Crippen LogP contribution is 2.46. The lowest BCUT2D eigenvalue weighted by Gasteiger charge is -2.24. The zero-order chi connectivity index (χ0) is 31.5. The van der Waals surface area contributed by atoms with Gasteiger partial charge in [-0.05, 0) is 60.9 Å². The molecule has 1 aliphatic rings. The monoisotopic (exact) mass is 614 g/mol. The zero-order valence-electron chi connectivity index (χ0n) is 24.7. The number of Topliss-reactive ketones (excluding diaryl/α,β-unsaturated/α-hetero) is 1. The number of aliphatic hydroxyl groups is 1. The van der Waals surface area contributed by atoms with E-state index in [4.69, 9.17) is 18.9 Å². The number of aryl methyl sites for hydroxylation is 2. The molecule has 226 valence electrons. The van der Waals surface area contributed by atoms with Crippen LogP contribution in [0.5, 0.6) is 17.2 Å². The fourth-order valence-corrected chi connectivity index (χ4v) is 6.02. The number of anilines is 1. The number of nitrogens with zero attached hydrogens (tertiary/aromatic N) is 2. The number of ether oxygens (including phenoxy) is 4. The van der Waals surface area contributed by atoms with E-state index < -0.39 is 23.7 Å². The summed E-state index contributed by atoms with van der Waals surface area (Å²) in [5.74, 6) is -1.41. The van der Waals surface area contributed by atoms with E-state index in [1.807, 2.05) is 30.3 Å². The first kappa shape index (κ1) is 30.3. The Balaban J connectivity index is 1.62. The molecule has 2 heterocycles. The molecule has 3 aromatic carbocycles. The lowest BCUT2D eigenvalue weighted by Crippen LogP contribution is -2.29. The van der Waals surface area contributed by atoms with Gasteiger partial charge in [-0.3, -0.25) is 14.5 Å². The molecule has 44 heavy (non-hydrogen) atoms. The van der Waals surface area contributed by atoms with Crippen LogP contribution in [0.2, 0.25) is 0 Å². The molecule has 1 aromatic heterocycles. The first-order valence-electron chi connectivity index (χ1n) is 13.5. The van der Waals surface area contributed by atoms with Gasteiger partial charge in [-0.2, -0.15) is 0 Å². The number of aliphatic hydroxyl groups excluding tert-OH is 1. The Morgan fingerprint density at radius 3 is 2.34 bits per heavy atom. The van der Waals surface area contributed by atoms with Crippen LogP contribution in [-0.4, -0.2) is 49.1 Å². The molecule has 1 saturated heterocycles. The quantitative estimate of drug-likeness (QED) is 0.108. The van der Waals surface area contributed by atoms with Crippen molar-refractivity contribution in [2.24, 2.45) is 0 Å². The van der Waals surface area contributed by atoms with Crippen LogP contribution in [0.1, 0.15) is 43.7 Å². The number of thiazole rings is 1. The van der Waals surface area contributed by atoms with Gasteiger partial charge in [0.2, 0.25) is 0 Å². The third kappa shape index (κ3) is 5.61. The Morgan fingerprint density at radius 2 is 1.68 bits per heavy atom. The minimum Gasteiger partial charge on any atom is -0.507 e.